The molecule has 0 aliphatic rings. The van der Waals surface area contributed by atoms with E-state index in [2.05, 4.69) is 10.5 Å². The summed E-state index contributed by atoms with van der Waals surface area (Å²) in [6.07, 6.45) is 2.18. The van der Waals surface area contributed by atoms with Gasteiger partial charge >= 0.3 is 0 Å². The van der Waals surface area contributed by atoms with Crippen molar-refractivity contribution in [1.82, 2.24) is 5.43 Å². The fourth-order valence-corrected chi connectivity index (χ4v) is 0.337. The van der Waals surface area contributed by atoms with Crippen LogP contribution < -0.4 is 5.43 Å². The predicted octanol–water partition coefficient (Wildman–Crippen LogP) is 1.15. The first-order valence-corrected chi connectivity index (χ1v) is 3.48. The van der Waals surface area contributed by atoms with Crippen molar-refractivity contribution in [3.63, 3.8) is 0 Å². The van der Waals surface area contributed by atoms with Crippen LogP contribution in [0.1, 0.15) is 27.2 Å². The quantitative estimate of drug-likeness (QED) is 0.466. The van der Waals surface area contributed by atoms with Gasteiger partial charge in [0.05, 0.1) is 0 Å². The fraction of sp³-hybridized carbons (Fsp3) is 0.714. The van der Waals surface area contributed by atoms with Crippen LogP contribution in [-0.4, -0.2) is 12.1 Å². The van der Waals surface area contributed by atoms with Gasteiger partial charge in [0, 0.05) is 12.6 Å². The van der Waals surface area contributed by atoms with Gasteiger partial charge in [-0.05, 0) is 5.92 Å². The molecule has 10 heavy (non-hydrogen) atoms. The summed E-state index contributed by atoms with van der Waals surface area (Å²) in [5, 5.41) is 3.72. The number of amides is 1. The van der Waals surface area contributed by atoms with Crippen LogP contribution in [0.5, 0.6) is 0 Å². The second-order valence-electron chi connectivity index (χ2n) is 2.41. The van der Waals surface area contributed by atoms with Crippen molar-refractivity contribution >= 4 is 12.1 Å². The molecule has 3 nitrogen and oxygen atoms in total. The molecule has 0 rings (SSSR count). The maximum atomic E-state index is 10.6. The monoisotopic (exact) mass is 142 g/mol. The molecular weight excluding hydrogens is 128 g/mol. The second-order valence-corrected chi connectivity index (χ2v) is 2.41. The molecule has 0 saturated carbocycles. The summed E-state index contributed by atoms with van der Waals surface area (Å²) in [4.78, 5) is 10.6. The van der Waals surface area contributed by atoms with Crippen molar-refractivity contribution < 1.29 is 4.79 Å². The summed E-state index contributed by atoms with van der Waals surface area (Å²) in [7, 11) is 0. The molecule has 0 unspecified atom stereocenters. The molecule has 0 aliphatic carbocycles. The molecule has 0 aromatic heterocycles. The van der Waals surface area contributed by atoms with E-state index in [4.69, 9.17) is 0 Å². The van der Waals surface area contributed by atoms with Crippen molar-refractivity contribution in [2.24, 2.45) is 11.0 Å². The molecule has 0 bridgehead atoms. The van der Waals surface area contributed by atoms with E-state index in [1.807, 2.05) is 13.8 Å². The maximum Gasteiger partial charge on any atom is 0.239 e. The van der Waals surface area contributed by atoms with E-state index in [1.165, 1.54) is 0 Å². The maximum absolute atomic E-state index is 10.6. The van der Waals surface area contributed by atoms with E-state index in [0.717, 1.165) is 0 Å². The number of nitrogens with zero attached hydrogens (tertiary/aromatic N) is 1. The zero-order chi connectivity index (χ0) is 7.98. The van der Waals surface area contributed by atoms with E-state index in [0.29, 0.717) is 12.3 Å². The first kappa shape index (κ1) is 9.14. The molecule has 0 saturated heterocycles. The van der Waals surface area contributed by atoms with Crippen LogP contribution in [0.4, 0.5) is 0 Å². The first-order valence-electron chi connectivity index (χ1n) is 3.48. The van der Waals surface area contributed by atoms with Crippen molar-refractivity contribution in [2.45, 2.75) is 27.2 Å². The average molecular weight is 142 g/mol. The molecule has 0 aromatic carbocycles. The lowest BCUT2D eigenvalue weighted by Crippen LogP contribution is -2.15. The van der Waals surface area contributed by atoms with Gasteiger partial charge in [0.15, 0.2) is 0 Å². The minimum absolute atomic E-state index is 0.0445. The van der Waals surface area contributed by atoms with E-state index in [1.54, 1.807) is 13.1 Å². The molecular formula is C7H14N2O. The number of carbonyl (C=O) groups excluding carboxylic acids is 1. The van der Waals surface area contributed by atoms with E-state index >= 15 is 0 Å². The SMILES string of the molecule is CCC(=O)NN=CC(C)C. The summed E-state index contributed by atoms with van der Waals surface area (Å²) >= 11 is 0. The van der Waals surface area contributed by atoms with Crippen molar-refractivity contribution in [3.05, 3.63) is 0 Å². The molecule has 1 amide bonds. The number of nitrogens with one attached hydrogen (secondary N) is 1. The molecule has 0 aromatic rings. The summed E-state index contributed by atoms with van der Waals surface area (Å²) in [6, 6.07) is 0. The Bertz CT molecular complexity index is 130. The highest BCUT2D eigenvalue weighted by molar-refractivity contribution is 5.76. The van der Waals surface area contributed by atoms with Crippen LogP contribution in [0.15, 0.2) is 5.10 Å². The Morgan fingerprint density at radius 1 is 1.70 bits per heavy atom. The normalized spacial score (nSPS) is 10.8. The highest BCUT2D eigenvalue weighted by atomic mass is 16.2. The molecule has 0 aliphatic heterocycles. The lowest BCUT2D eigenvalue weighted by molar-refractivity contribution is -0.120. The zero-order valence-corrected chi connectivity index (χ0v) is 6.72. The zero-order valence-electron chi connectivity index (χ0n) is 6.72. The smallest absolute Gasteiger partial charge is 0.239 e. The highest BCUT2D eigenvalue weighted by Gasteiger charge is 1.90. The lowest BCUT2D eigenvalue weighted by Gasteiger charge is -1.95. The van der Waals surface area contributed by atoms with Crippen LogP contribution in [0.25, 0.3) is 0 Å². The molecule has 1 N–H and O–H groups in total. The summed E-state index contributed by atoms with van der Waals surface area (Å²) in [5.74, 6) is 0.342. The van der Waals surface area contributed by atoms with Crippen molar-refractivity contribution in [2.75, 3.05) is 0 Å². The van der Waals surface area contributed by atoms with Crippen LogP contribution in [0.2, 0.25) is 0 Å². The van der Waals surface area contributed by atoms with Gasteiger partial charge in [0.2, 0.25) is 5.91 Å². The van der Waals surface area contributed by atoms with Crippen LogP contribution >= 0.6 is 0 Å². The topological polar surface area (TPSA) is 41.5 Å². The number of hydrazone groups is 1. The number of rotatable bonds is 3. The Hall–Kier alpha value is -0.860. The fourth-order valence-electron chi connectivity index (χ4n) is 0.337. The minimum Gasteiger partial charge on any atom is -0.273 e. The van der Waals surface area contributed by atoms with Crippen molar-refractivity contribution in [1.29, 1.82) is 0 Å². The number of hydrogen-bond acceptors (Lipinski definition) is 2. The average Bonchev–Trinajstić information content (AvgIpc) is 1.87. The largest absolute Gasteiger partial charge is 0.273 e. The van der Waals surface area contributed by atoms with E-state index < -0.39 is 0 Å². The van der Waals surface area contributed by atoms with Gasteiger partial charge < -0.3 is 0 Å². The highest BCUT2D eigenvalue weighted by Crippen LogP contribution is 1.83. The first-order chi connectivity index (χ1) is 4.66. The summed E-state index contributed by atoms with van der Waals surface area (Å²) in [6.45, 7) is 5.80. The van der Waals surface area contributed by atoms with Gasteiger partial charge in [-0.15, -0.1) is 0 Å². The Morgan fingerprint density at radius 3 is 2.70 bits per heavy atom. The van der Waals surface area contributed by atoms with Gasteiger partial charge in [-0.25, -0.2) is 5.43 Å². The summed E-state index contributed by atoms with van der Waals surface area (Å²) < 4.78 is 0. The minimum atomic E-state index is -0.0445. The molecule has 3 heteroatoms. The Kier molecular flexibility index (Phi) is 4.54. The molecule has 0 atom stereocenters. The van der Waals surface area contributed by atoms with Crippen LogP contribution in [0, 0.1) is 5.92 Å². The second kappa shape index (κ2) is 4.97. The van der Waals surface area contributed by atoms with Crippen molar-refractivity contribution in [3.8, 4) is 0 Å². The van der Waals surface area contributed by atoms with Gasteiger partial charge in [-0.2, -0.15) is 5.10 Å². The van der Waals surface area contributed by atoms with Gasteiger partial charge in [0.25, 0.3) is 0 Å². The molecule has 58 valence electrons. The molecule has 0 fully saturated rings. The van der Waals surface area contributed by atoms with E-state index in [-0.39, 0.29) is 5.91 Å². The van der Waals surface area contributed by atoms with Gasteiger partial charge in [-0.1, -0.05) is 20.8 Å². The Balaban J connectivity index is 3.43. The molecule has 0 heterocycles. The van der Waals surface area contributed by atoms with E-state index in [9.17, 15) is 4.79 Å². The Morgan fingerprint density at radius 2 is 2.30 bits per heavy atom. The lowest BCUT2D eigenvalue weighted by atomic mass is 10.3. The van der Waals surface area contributed by atoms with Gasteiger partial charge in [-0.3, -0.25) is 4.79 Å². The molecule has 0 radical (unpaired) electrons. The third-order valence-corrected chi connectivity index (χ3v) is 0.883. The standard InChI is InChI=1S/C7H14N2O/c1-4-7(10)9-8-5-6(2)3/h5-6H,4H2,1-3H3,(H,9,10). The summed E-state index contributed by atoms with van der Waals surface area (Å²) in [5.41, 5.74) is 2.39. The number of carbonyl (C=O) groups is 1. The predicted molar refractivity (Wildman–Crippen MR) is 41.8 cm³/mol. The number of hydrogen-bond donors (Lipinski definition) is 1. The molecule has 0 spiro atoms. The van der Waals surface area contributed by atoms with Crippen LogP contribution in [-0.2, 0) is 4.79 Å². The third kappa shape index (κ3) is 5.28. The van der Waals surface area contributed by atoms with Gasteiger partial charge in [0.1, 0.15) is 0 Å². The third-order valence-electron chi connectivity index (χ3n) is 0.883. The Labute approximate surface area is 61.5 Å². The van der Waals surface area contributed by atoms with Crippen LogP contribution in [0.3, 0.4) is 0 Å².